The molecular weight excluding hydrogens is 1270 g/mol. The zero-order valence-corrected chi connectivity index (χ0v) is 65.2. The molecule has 0 aliphatic carbocycles. The zero-order chi connectivity index (χ0) is 71.4. The lowest BCUT2D eigenvalue weighted by Crippen LogP contribution is -2.30. The highest BCUT2D eigenvalue weighted by Gasteiger charge is 2.30. The number of carbonyl (C=O) groups excluding carboxylic acids is 4. The molecule has 576 valence electrons. The van der Waals surface area contributed by atoms with Crippen LogP contribution in [0.1, 0.15) is 408 Å². The minimum absolute atomic E-state index is 0.107. The Hall–Kier alpha value is -1.94. The van der Waals surface area contributed by atoms with E-state index in [0.717, 1.165) is 102 Å². The van der Waals surface area contributed by atoms with E-state index >= 15 is 0 Å². The van der Waals surface area contributed by atoms with Gasteiger partial charge in [-0.15, -0.1) is 0 Å². The molecule has 6 atom stereocenters. The zero-order valence-electron chi connectivity index (χ0n) is 63.4. The molecule has 0 saturated heterocycles. The molecule has 0 radical (unpaired) electrons. The molecule has 0 spiro atoms. The summed E-state index contributed by atoms with van der Waals surface area (Å²) in [6.45, 7) is 9.68. The number of rotatable bonds is 77. The molecule has 0 aromatic carbocycles. The van der Waals surface area contributed by atoms with Crippen LogP contribution in [0, 0.1) is 11.8 Å². The van der Waals surface area contributed by atoms with Gasteiger partial charge in [0.25, 0.3) is 0 Å². The van der Waals surface area contributed by atoms with Crippen molar-refractivity contribution in [1.29, 1.82) is 0 Å². The van der Waals surface area contributed by atoms with Crippen LogP contribution >= 0.6 is 15.6 Å². The lowest BCUT2D eigenvalue weighted by atomic mass is 9.99. The van der Waals surface area contributed by atoms with Gasteiger partial charge in [-0.3, -0.25) is 37.3 Å². The van der Waals surface area contributed by atoms with Gasteiger partial charge in [0.15, 0.2) is 12.2 Å². The molecule has 97 heavy (non-hydrogen) atoms. The quantitative estimate of drug-likeness (QED) is 0.0222. The van der Waals surface area contributed by atoms with Gasteiger partial charge in [-0.05, 0) is 37.5 Å². The Labute approximate surface area is 594 Å². The number of phosphoric ester groups is 2. The second-order valence-electron chi connectivity index (χ2n) is 28.8. The molecule has 3 unspecified atom stereocenters. The van der Waals surface area contributed by atoms with Crippen LogP contribution in [0.2, 0.25) is 0 Å². The monoisotopic (exact) mass is 1420 g/mol. The van der Waals surface area contributed by atoms with E-state index in [0.29, 0.717) is 25.7 Å². The Bertz CT molecular complexity index is 1870. The number of hydrogen-bond donors (Lipinski definition) is 3. The van der Waals surface area contributed by atoms with Crippen molar-refractivity contribution in [2.75, 3.05) is 39.6 Å². The van der Waals surface area contributed by atoms with E-state index in [1.165, 1.54) is 225 Å². The number of aliphatic hydroxyl groups excluding tert-OH is 1. The molecule has 0 aromatic rings. The molecule has 19 heteroatoms. The van der Waals surface area contributed by atoms with Gasteiger partial charge in [0.2, 0.25) is 0 Å². The molecule has 3 N–H and O–H groups in total. The maximum Gasteiger partial charge on any atom is 0.472 e. The van der Waals surface area contributed by atoms with Gasteiger partial charge in [0, 0.05) is 25.7 Å². The maximum absolute atomic E-state index is 13.1. The fourth-order valence-electron chi connectivity index (χ4n) is 12.0. The SMILES string of the molecule is CCCCCCCCCCCCCC(=O)O[C@H](COC(=O)CCCCCCCCCCC)COP(=O)(O)OC[C@H](O)COP(=O)(O)OC[C@@H](COC(=O)CCCCCCCCCCCCCCCCC(C)CC)OC(=O)CCCCCCCCCCCCCCCCCCC(C)C. The molecule has 0 aliphatic rings. The van der Waals surface area contributed by atoms with Crippen molar-refractivity contribution < 1.29 is 80.2 Å². The van der Waals surface area contributed by atoms with E-state index < -0.39 is 97.5 Å². The van der Waals surface area contributed by atoms with Crippen molar-refractivity contribution in [3.8, 4) is 0 Å². The van der Waals surface area contributed by atoms with Crippen molar-refractivity contribution >= 4 is 39.5 Å². The predicted octanol–water partition coefficient (Wildman–Crippen LogP) is 23.1. The standard InChI is InChI=1S/C78H152O17P2/c1-7-10-12-14-16-18-29-38-44-50-56-62-77(82)94-73(66-88-75(80)60-54-48-42-34-17-15-13-11-8-2)68-92-96(84,85)90-64-72(79)65-91-97(86,87)93-69-74(67-89-76(81)61-55-49-43-37-32-27-24-23-26-31-36-41-47-53-59-71(6)9-3)95-78(83)63-57-51-45-39-33-28-22-20-19-21-25-30-35-40-46-52-58-70(4)5/h70-74,79H,7-69H2,1-6H3,(H,84,85)(H,86,87)/t71?,72-,73+,74+/m0/s1. The van der Waals surface area contributed by atoms with Crippen LogP contribution < -0.4 is 0 Å². The number of ether oxygens (including phenoxy) is 4. The van der Waals surface area contributed by atoms with Gasteiger partial charge >= 0.3 is 39.5 Å². The Kier molecular flexibility index (Phi) is 68.4. The van der Waals surface area contributed by atoms with Gasteiger partial charge in [0.05, 0.1) is 26.4 Å². The van der Waals surface area contributed by atoms with Crippen LogP contribution in [0.15, 0.2) is 0 Å². The van der Waals surface area contributed by atoms with Crippen molar-refractivity contribution in [2.24, 2.45) is 11.8 Å². The summed E-state index contributed by atoms with van der Waals surface area (Å²) in [5.74, 6) is -0.454. The van der Waals surface area contributed by atoms with Crippen LogP contribution in [0.5, 0.6) is 0 Å². The lowest BCUT2D eigenvalue weighted by Gasteiger charge is -2.21. The molecule has 0 bridgehead atoms. The summed E-state index contributed by atoms with van der Waals surface area (Å²) in [6, 6.07) is 0. The van der Waals surface area contributed by atoms with Crippen LogP contribution in [-0.2, 0) is 65.4 Å². The highest BCUT2D eigenvalue weighted by atomic mass is 31.2. The van der Waals surface area contributed by atoms with Crippen LogP contribution in [0.4, 0.5) is 0 Å². The maximum atomic E-state index is 13.1. The van der Waals surface area contributed by atoms with Crippen molar-refractivity contribution in [3.63, 3.8) is 0 Å². The minimum Gasteiger partial charge on any atom is -0.462 e. The smallest absolute Gasteiger partial charge is 0.462 e. The second-order valence-corrected chi connectivity index (χ2v) is 31.7. The fourth-order valence-corrected chi connectivity index (χ4v) is 13.6. The average Bonchev–Trinajstić information content (AvgIpc) is 1.48. The van der Waals surface area contributed by atoms with Crippen molar-refractivity contribution in [3.05, 3.63) is 0 Å². The third kappa shape index (κ3) is 70.9. The molecule has 0 aromatic heterocycles. The van der Waals surface area contributed by atoms with Crippen LogP contribution in [-0.4, -0.2) is 96.7 Å². The molecule has 0 saturated carbocycles. The Morgan fingerprint density at radius 3 is 0.784 bits per heavy atom. The Morgan fingerprint density at radius 1 is 0.299 bits per heavy atom. The van der Waals surface area contributed by atoms with Crippen LogP contribution in [0.25, 0.3) is 0 Å². The van der Waals surface area contributed by atoms with Gasteiger partial charge in [-0.1, -0.05) is 356 Å². The molecule has 0 aliphatic heterocycles. The Morgan fingerprint density at radius 2 is 0.526 bits per heavy atom. The van der Waals surface area contributed by atoms with Gasteiger partial charge in [-0.2, -0.15) is 0 Å². The number of unbranched alkanes of at least 4 members (excludes halogenated alkanes) is 46. The summed E-state index contributed by atoms with van der Waals surface area (Å²) < 4.78 is 68.5. The van der Waals surface area contributed by atoms with E-state index in [1.54, 1.807) is 0 Å². The number of aliphatic hydroxyl groups is 1. The molecular formula is C78H152O17P2. The number of phosphoric acid groups is 2. The first-order valence-electron chi connectivity index (χ1n) is 40.5. The van der Waals surface area contributed by atoms with E-state index in [1.807, 2.05) is 0 Å². The third-order valence-corrected chi connectivity index (χ3v) is 20.5. The van der Waals surface area contributed by atoms with Crippen molar-refractivity contribution in [1.82, 2.24) is 0 Å². The first-order chi connectivity index (χ1) is 46.9. The number of carbonyl (C=O) groups is 4. The van der Waals surface area contributed by atoms with Crippen LogP contribution in [0.3, 0.4) is 0 Å². The van der Waals surface area contributed by atoms with E-state index in [2.05, 4.69) is 41.5 Å². The molecule has 0 heterocycles. The normalized spacial score (nSPS) is 14.2. The number of esters is 4. The summed E-state index contributed by atoms with van der Waals surface area (Å²) in [5, 5.41) is 10.6. The lowest BCUT2D eigenvalue weighted by molar-refractivity contribution is -0.161. The summed E-state index contributed by atoms with van der Waals surface area (Å²) in [7, 11) is -9.91. The van der Waals surface area contributed by atoms with Gasteiger partial charge < -0.3 is 33.8 Å². The topological polar surface area (TPSA) is 237 Å². The summed E-state index contributed by atoms with van der Waals surface area (Å²) in [5.41, 5.74) is 0. The highest BCUT2D eigenvalue weighted by Crippen LogP contribution is 2.45. The molecule has 0 amide bonds. The summed E-state index contributed by atoms with van der Waals surface area (Å²) in [6.07, 6.45) is 58.2. The summed E-state index contributed by atoms with van der Waals surface area (Å²) >= 11 is 0. The van der Waals surface area contributed by atoms with Crippen molar-refractivity contribution in [2.45, 2.75) is 426 Å². The first-order valence-corrected chi connectivity index (χ1v) is 43.5. The second kappa shape index (κ2) is 69.8. The first kappa shape index (κ1) is 95.1. The van der Waals surface area contributed by atoms with E-state index in [9.17, 15) is 43.2 Å². The fraction of sp³-hybridized carbons (Fsp3) is 0.949. The molecule has 17 nitrogen and oxygen atoms in total. The van der Waals surface area contributed by atoms with E-state index in [-0.39, 0.29) is 25.7 Å². The summed E-state index contributed by atoms with van der Waals surface area (Å²) in [4.78, 5) is 72.8. The number of hydrogen-bond acceptors (Lipinski definition) is 15. The van der Waals surface area contributed by atoms with E-state index in [4.69, 9.17) is 37.0 Å². The predicted molar refractivity (Wildman–Crippen MR) is 395 cm³/mol. The highest BCUT2D eigenvalue weighted by molar-refractivity contribution is 7.47. The molecule has 0 rings (SSSR count). The average molecular weight is 1420 g/mol. The third-order valence-electron chi connectivity index (χ3n) is 18.6. The van der Waals surface area contributed by atoms with Gasteiger partial charge in [0.1, 0.15) is 19.3 Å². The largest absolute Gasteiger partial charge is 0.472 e. The van der Waals surface area contributed by atoms with Gasteiger partial charge in [-0.25, -0.2) is 9.13 Å². The Balaban J connectivity index is 5.21. The minimum atomic E-state index is -4.96. The molecule has 0 fully saturated rings.